The third-order valence-corrected chi connectivity index (χ3v) is 6.85. The molecule has 1 aromatic heterocycles. The second-order valence-electron chi connectivity index (χ2n) is 9.40. The molecule has 1 atom stereocenters. The lowest BCUT2D eigenvalue weighted by Gasteiger charge is -2.36. The summed E-state index contributed by atoms with van der Waals surface area (Å²) >= 11 is 0. The lowest BCUT2D eigenvalue weighted by Crippen LogP contribution is -2.55. The van der Waals surface area contributed by atoms with Crippen LogP contribution in [0.15, 0.2) is 79.6 Å². The first-order chi connectivity index (χ1) is 19.0. The van der Waals surface area contributed by atoms with Gasteiger partial charge in [-0.25, -0.2) is 0 Å². The van der Waals surface area contributed by atoms with Crippen molar-refractivity contribution in [2.45, 2.75) is 25.3 Å². The number of amides is 4. The molecule has 0 bridgehead atoms. The maximum Gasteiger partial charge on any atom is 0.254 e. The van der Waals surface area contributed by atoms with Crippen molar-refractivity contribution < 1.29 is 19.2 Å². The van der Waals surface area contributed by atoms with E-state index in [4.69, 9.17) is 0 Å². The molecule has 0 saturated carbocycles. The monoisotopic (exact) mass is 527 g/mol. The molecule has 9 nitrogen and oxygen atoms in total. The van der Waals surface area contributed by atoms with Gasteiger partial charge in [0.1, 0.15) is 6.04 Å². The molecule has 2 heterocycles. The van der Waals surface area contributed by atoms with E-state index >= 15 is 0 Å². The highest BCUT2D eigenvalue weighted by Gasteiger charge is 2.30. The minimum absolute atomic E-state index is 0.0528. The zero-order chi connectivity index (χ0) is 27.6. The largest absolute Gasteiger partial charge is 0.353 e. The molecule has 0 spiro atoms. The number of pyridine rings is 1. The molecule has 1 fully saturated rings. The van der Waals surface area contributed by atoms with Crippen molar-refractivity contribution >= 4 is 34.4 Å². The standard InChI is InChI=1S/C30H33N5O4/c1-2-27(36)32-15-6-5-12-26(33-28(37)23-13-16-31-17-14-23)30(39)35-20-18-34(19-21-35)29(38)25-11-7-9-22-8-3-4-10-24(22)25/h2-4,7-11,13-14,16-17,26H,1,5-6,12,15,18-21H2,(H,32,36)(H,33,37). The molecular weight excluding hydrogens is 494 g/mol. The highest BCUT2D eigenvalue weighted by atomic mass is 16.2. The predicted molar refractivity (Wildman–Crippen MR) is 149 cm³/mol. The summed E-state index contributed by atoms with van der Waals surface area (Å²) in [6.45, 7) is 5.47. The topological polar surface area (TPSA) is 112 Å². The third-order valence-electron chi connectivity index (χ3n) is 6.85. The Kier molecular flexibility index (Phi) is 9.39. The van der Waals surface area contributed by atoms with Crippen LogP contribution >= 0.6 is 0 Å². The highest BCUT2D eigenvalue weighted by Crippen LogP contribution is 2.21. The average Bonchev–Trinajstić information content (AvgIpc) is 2.99. The van der Waals surface area contributed by atoms with Gasteiger partial charge in [-0.05, 0) is 54.3 Å². The Morgan fingerprint density at radius 2 is 1.59 bits per heavy atom. The lowest BCUT2D eigenvalue weighted by atomic mass is 10.0. The fraction of sp³-hybridized carbons (Fsp3) is 0.300. The first-order valence-corrected chi connectivity index (χ1v) is 13.1. The summed E-state index contributed by atoms with van der Waals surface area (Å²) < 4.78 is 0. The molecule has 202 valence electrons. The van der Waals surface area contributed by atoms with Crippen LogP contribution in [0.25, 0.3) is 10.8 Å². The van der Waals surface area contributed by atoms with Crippen molar-refractivity contribution in [1.29, 1.82) is 0 Å². The summed E-state index contributed by atoms with van der Waals surface area (Å²) in [5, 5.41) is 7.52. The van der Waals surface area contributed by atoms with Gasteiger partial charge < -0.3 is 20.4 Å². The average molecular weight is 528 g/mol. The number of hydrogen-bond acceptors (Lipinski definition) is 5. The lowest BCUT2D eigenvalue weighted by molar-refractivity contribution is -0.135. The number of rotatable bonds is 10. The maximum atomic E-state index is 13.5. The molecule has 1 aliphatic heterocycles. The summed E-state index contributed by atoms with van der Waals surface area (Å²) in [4.78, 5) is 58.5. The molecule has 4 amide bonds. The molecule has 1 aliphatic rings. The van der Waals surface area contributed by atoms with Crippen molar-refractivity contribution in [3.05, 3.63) is 90.8 Å². The van der Waals surface area contributed by atoms with Crippen LogP contribution in [-0.4, -0.2) is 77.2 Å². The fourth-order valence-corrected chi connectivity index (χ4v) is 4.69. The van der Waals surface area contributed by atoms with Crippen molar-refractivity contribution in [3.8, 4) is 0 Å². The summed E-state index contributed by atoms with van der Waals surface area (Å²) in [6.07, 6.45) is 5.98. The number of aromatic nitrogens is 1. The number of hydrogen-bond donors (Lipinski definition) is 2. The van der Waals surface area contributed by atoms with E-state index in [-0.39, 0.29) is 23.6 Å². The molecule has 2 aromatic carbocycles. The zero-order valence-electron chi connectivity index (χ0n) is 21.8. The molecule has 3 aromatic rings. The second kappa shape index (κ2) is 13.3. The van der Waals surface area contributed by atoms with Gasteiger partial charge in [0, 0.05) is 56.2 Å². The molecular formula is C30H33N5O4. The van der Waals surface area contributed by atoms with E-state index in [0.717, 1.165) is 10.8 Å². The predicted octanol–water partition coefficient (Wildman–Crippen LogP) is 2.79. The van der Waals surface area contributed by atoms with Gasteiger partial charge in [-0.2, -0.15) is 0 Å². The van der Waals surface area contributed by atoms with Crippen molar-refractivity contribution in [3.63, 3.8) is 0 Å². The summed E-state index contributed by atoms with van der Waals surface area (Å²) in [7, 11) is 0. The van der Waals surface area contributed by atoms with Gasteiger partial charge in [0.2, 0.25) is 11.8 Å². The number of nitrogens with zero attached hydrogens (tertiary/aromatic N) is 3. The molecule has 2 N–H and O–H groups in total. The normalized spacial score (nSPS) is 13.9. The summed E-state index contributed by atoms with van der Waals surface area (Å²) in [5.41, 5.74) is 1.07. The van der Waals surface area contributed by atoms with E-state index in [1.165, 1.54) is 18.5 Å². The molecule has 4 rings (SSSR count). The van der Waals surface area contributed by atoms with Crippen LogP contribution in [0.3, 0.4) is 0 Å². The van der Waals surface area contributed by atoms with Crippen LogP contribution in [0.1, 0.15) is 40.0 Å². The maximum absolute atomic E-state index is 13.5. The van der Waals surface area contributed by atoms with Gasteiger partial charge in [0.15, 0.2) is 0 Å². The summed E-state index contributed by atoms with van der Waals surface area (Å²) in [6, 6.07) is 16.0. The van der Waals surface area contributed by atoms with Crippen molar-refractivity contribution in [2.24, 2.45) is 0 Å². The number of unbranched alkanes of at least 4 members (excludes halogenated alkanes) is 1. The minimum Gasteiger partial charge on any atom is -0.353 e. The number of fused-ring (bicyclic) bond motifs is 1. The molecule has 0 aliphatic carbocycles. The van der Waals surface area contributed by atoms with E-state index in [1.54, 1.807) is 21.9 Å². The minimum atomic E-state index is -0.721. The Labute approximate surface area is 227 Å². The zero-order valence-corrected chi connectivity index (χ0v) is 21.8. The van der Waals surface area contributed by atoms with Crippen LogP contribution in [0.2, 0.25) is 0 Å². The number of benzene rings is 2. The number of carbonyl (C=O) groups excluding carboxylic acids is 4. The SMILES string of the molecule is C=CC(=O)NCCCCC(NC(=O)c1ccncc1)C(=O)N1CCN(C(=O)c2cccc3ccccc23)CC1. The smallest absolute Gasteiger partial charge is 0.254 e. The van der Waals surface area contributed by atoms with Crippen molar-refractivity contribution in [2.75, 3.05) is 32.7 Å². The quantitative estimate of drug-likeness (QED) is 0.311. The van der Waals surface area contributed by atoms with Crippen molar-refractivity contribution in [1.82, 2.24) is 25.4 Å². The Morgan fingerprint density at radius 3 is 2.33 bits per heavy atom. The molecule has 1 unspecified atom stereocenters. The Balaban J connectivity index is 1.38. The number of carbonyl (C=O) groups is 4. The number of nitrogens with one attached hydrogen (secondary N) is 2. The van der Waals surface area contributed by atoms with Crippen LogP contribution in [0, 0.1) is 0 Å². The fourth-order valence-electron chi connectivity index (χ4n) is 4.69. The Morgan fingerprint density at radius 1 is 0.897 bits per heavy atom. The van der Waals surface area contributed by atoms with E-state index < -0.39 is 6.04 Å². The van der Waals surface area contributed by atoms with E-state index in [9.17, 15) is 19.2 Å². The van der Waals surface area contributed by atoms with Gasteiger partial charge in [-0.1, -0.05) is 43.0 Å². The van der Waals surface area contributed by atoms with Gasteiger partial charge in [0.25, 0.3) is 11.8 Å². The van der Waals surface area contributed by atoms with E-state index in [2.05, 4.69) is 22.2 Å². The van der Waals surface area contributed by atoms with Crippen LogP contribution in [0.5, 0.6) is 0 Å². The van der Waals surface area contributed by atoms with Crippen LogP contribution in [0.4, 0.5) is 0 Å². The van der Waals surface area contributed by atoms with Gasteiger partial charge in [-0.15, -0.1) is 0 Å². The van der Waals surface area contributed by atoms with Gasteiger partial charge in [-0.3, -0.25) is 24.2 Å². The van der Waals surface area contributed by atoms with E-state index in [0.29, 0.717) is 63.1 Å². The van der Waals surface area contributed by atoms with E-state index in [1.807, 2.05) is 42.5 Å². The second-order valence-corrected chi connectivity index (χ2v) is 9.40. The highest BCUT2D eigenvalue weighted by molar-refractivity contribution is 6.07. The molecule has 0 radical (unpaired) electrons. The third kappa shape index (κ3) is 7.07. The Hall–Kier alpha value is -4.53. The molecule has 39 heavy (non-hydrogen) atoms. The van der Waals surface area contributed by atoms with Gasteiger partial charge >= 0.3 is 0 Å². The van der Waals surface area contributed by atoms with Crippen LogP contribution in [-0.2, 0) is 9.59 Å². The summed E-state index contributed by atoms with van der Waals surface area (Å²) in [5.74, 6) is -0.821. The van der Waals surface area contributed by atoms with Gasteiger partial charge in [0.05, 0.1) is 0 Å². The Bertz CT molecular complexity index is 1330. The first kappa shape index (κ1) is 27.5. The first-order valence-electron chi connectivity index (χ1n) is 13.1. The van der Waals surface area contributed by atoms with Crippen LogP contribution < -0.4 is 10.6 Å². The molecule has 1 saturated heterocycles. The molecule has 9 heteroatoms. The number of piperazine rings is 1.